The lowest BCUT2D eigenvalue weighted by Crippen LogP contribution is -2.42. The lowest BCUT2D eigenvalue weighted by atomic mass is 10.2. The normalized spacial score (nSPS) is 15.3. The fourth-order valence-corrected chi connectivity index (χ4v) is 2.54. The standard InChI is InChI=1S/C19H20N2O6/c1-23-15-9-17(25-3)16(24-2)8-12(15)10-20-21-19(22)18-11-26-13-6-4-5-7-14(13)27-18/h4-10,18H,11H2,1-3H3,(H,21,22)/b20-10+. The Morgan fingerprint density at radius 2 is 1.74 bits per heavy atom. The zero-order chi connectivity index (χ0) is 19.2. The molecule has 1 N–H and O–H groups in total. The summed E-state index contributed by atoms with van der Waals surface area (Å²) in [4.78, 5) is 12.3. The number of amides is 1. The van der Waals surface area contributed by atoms with Gasteiger partial charge in [0.05, 0.1) is 27.5 Å². The number of hydrazone groups is 1. The smallest absolute Gasteiger partial charge is 0.284 e. The van der Waals surface area contributed by atoms with Crippen molar-refractivity contribution in [1.29, 1.82) is 0 Å². The van der Waals surface area contributed by atoms with Gasteiger partial charge >= 0.3 is 0 Å². The number of carbonyl (C=O) groups excluding carboxylic acids is 1. The van der Waals surface area contributed by atoms with Crippen LogP contribution in [0.15, 0.2) is 41.5 Å². The third kappa shape index (κ3) is 4.05. The molecule has 2 aromatic rings. The highest BCUT2D eigenvalue weighted by Crippen LogP contribution is 2.34. The van der Waals surface area contributed by atoms with Gasteiger partial charge < -0.3 is 23.7 Å². The van der Waals surface area contributed by atoms with Crippen molar-refractivity contribution >= 4 is 12.1 Å². The second-order valence-electron chi connectivity index (χ2n) is 5.55. The lowest BCUT2D eigenvalue weighted by molar-refractivity contribution is -0.130. The van der Waals surface area contributed by atoms with Crippen molar-refractivity contribution < 1.29 is 28.5 Å². The second-order valence-corrected chi connectivity index (χ2v) is 5.55. The third-order valence-electron chi connectivity index (χ3n) is 3.92. The Balaban J connectivity index is 1.68. The number of rotatable bonds is 6. The van der Waals surface area contributed by atoms with Crippen molar-refractivity contribution in [3.63, 3.8) is 0 Å². The van der Waals surface area contributed by atoms with Gasteiger partial charge in [0.25, 0.3) is 5.91 Å². The average Bonchev–Trinajstić information content (AvgIpc) is 2.72. The molecule has 0 bridgehead atoms. The molecule has 0 spiro atoms. The molecule has 8 nitrogen and oxygen atoms in total. The van der Waals surface area contributed by atoms with Crippen LogP contribution in [0.25, 0.3) is 0 Å². The van der Waals surface area contributed by atoms with E-state index in [1.807, 2.05) is 12.1 Å². The van der Waals surface area contributed by atoms with Gasteiger partial charge in [-0.3, -0.25) is 4.79 Å². The maximum atomic E-state index is 12.3. The number of ether oxygens (including phenoxy) is 5. The van der Waals surface area contributed by atoms with Crippen LogP contribution in [0.4, 0.5) is 0 Å². The number of fused-ring (bicyclic) bond motifs is 1. The van der Waals surface area contributed by atoms with Crippen LogP contribution in [0, 0.1) is 0 Å². The van der Waals surface area contributed by atoms with Gasteiger partial charge in [0, 0.05) is 11.6 Å². The van der Waals surface area contributed by atoms with Crippen molar-refractivity contribution in [2.75, 3.05) is 27.9 Å². The highest BCUT2D eigenvalue weighted by atomic mass is 16.6. The topological polar surface area (TPSA) is 87.6 Å². The summed E-state index contributed by atoms with van der Waals surface area (Å²) in [5, 5.41) is 3.98. The molecule has 1 heterocycles. The predicted molar refractivity (Wildman–Crippen MR) is 98.2 cm³/mol. The molecule has 0 aromatic heterocycles. The fraction of sp³-hybridized carbons (Fsp3) is 0.263. The maximum absolute atomic E-state index is 12.3. The zero-order valence-electron chi connectivity index (χ0n) is 15.2. The summed E-state index contributed by atoms with van der Waals surface area (Å²) in [5.74, 6) is 2.29. The molecule has 1 aliphatic heterocycles. The molecule has 1 atom stereocenters. The number of benzene rings is 2. The molecular formula is C19H20N2O6. The van der Waals surface area contributed by atoms with E-state index in [4.69, 9.17) is 23.7 Å². The van der Waals surface area contributed by atoms with E-state index in [0.717, 1.165) is 0 Å². The number of para-hydroxylation sites is 2. The van der Waals surface area contributed by atoms with Crippen LogP contribution >= 0.6 is 0 Å². The van der Waals surface area contributed by atoms with Crippen LogP contribution in [-0.4, -0.2) is 46.2 Å². The number of methoxy groups -OCH3 is 3. The Morgan fingerprint density at radius 1 is 1.07 bits per heavy atom. The monoisotopic (exact) mass is 372 g/mol. The Morgan fingerprint density at radius 3 is 2.44 bits per heavy atom. The summed E-state index contributed by atoms with van der Waals surface area (Å²) in [6.07, 6.45) is 0.667. The summed E-state index contributed by atoms with van der Waals surface area (Å²) >= 11 is 0. The number of carbonyl (C=O) groups is 1. The summed E-state index contributed by atoms with van der Waals surface area (Å²) < 4.78 is 27.0. The van der Waals surface area contributed by atoms with E-state index >= 15 is 0 Å². The summed E-state index contributed by atoms with van der Waals surface area (Å²) in [7, 11) is 4.60. The number of nitrogens with one attached hydrogen (secondary N) is 1. The van der Waals surface area contributed by atoms with Crippen molar-refractivity contribution in [3.8, 4) is 28.7 Å². The minimum Gasteiger partial charge on any atom is -0.496 e. The predicted octanol–water partition coefficient (Wildman–Crippen LogP) is 2.00. The quantitative estimate of drug-likeness (QED) is 0.616. The van der Waals surface area contributed by atoms with Gasteiger partial charge in [-0.1, -0.05) is 12.1 Å². The first kappa shape index (κ1) is 18.4. The van der Waals surface area contributed by atoms with Crippen LogP contribution < -0.4 is 29.1 Å². The van der Waals surface area contributed by atoms with E-state index < -0.39 is 12.0 Å². The van der Waals surface area contributed by atoms with E-state index in [0.29, 0.717) is 34.3 Å². The summed E-state index contributed by atoms with van der Waals surface area (Å²) in [5.41, 5.74) is 3.06. The molecular weight excluding hydrogens is 352 g/mol. The Kier molecular flexibility index (Phi) is 5.65. The molecule has 27 heavy (non-hydrogen) atoms. The van der Waals surface area contributed by atoms with E-state index in [1.165, 1.54) is 27.5 Å². The number of nitrogens with zero attached hydrogens (tertiary/aromatic N) is 1. The van der Waals surface area contributed by atoms with Crippen molar-refractivity contribution in [1.82, 2.24) is 5.43 Å². The van der Waals surface area contributed by atoms with Crippen LogP contribution in [0.3, 0.4) is 0 Å². The Bertz CT molecular complexity index is 852. The molecule has 1 aliphatic rings. The molecule has 8 heteroatoms. The SMILES string of the molecule is COc1cc(OC)c(OC)cc1/C=N/NC(=O)C1COc2ccccc2O1. The average molecular weight is 372 g/mol. The minimum absolute atomic E-state index is 0.109. The van der Waals surface area contributed by atoms with Gasteiger partial charge in [-0.05, 0) is 18.2 Å². The minimum atomic E-state index is -0.788. The van der Waals surface area contributed by atoms with Gasteiger partial charge in [0.2, 0.25) is 6.10 Å². The second kappa shape index (κ2) is 8.31. The van der Waals surface area contributed by atoms with E-state index in [9.17, 15) is 4.79 Å². The van der Waals surface area contributed by atoms with Gasteiger partial charge in [-0.2, -0.15) is 5.10 Å². The number of hydrogen-bond donors (Lipinski definition) is 1. The van der Waals surface area contributed by atoms with Crippen molar-refractivity contribution in [2.24, 2.45) is 5.10 Å². The first-order valence-electron chi connectivity index (χ1n) is 8.17. The van der Waals surface area contributed by atoms with Crippen molar-refractivity contribution in [2.45, 2.75) is 6.10 Å². The van der Waals surface area contributed by atoms with Crippen LogP contribution in [0.5, 0.6) is 28.7 Å². The van der Waals surface area contributed by atoms with E-state index in [2.05, 4.69) is 10.5 Å². The largest absolute Gasteiger partial charge is 0.496 e. The van der Waals surface area contributed by atoms with Gasteiger partial charge in [-0.25, -0.2) is 5.43 Å². The molecule has 142 valence electrons. The van der Waals surface area contributed by atoms with Crippen LogP contribution in [0.2, 0.25) is 0 Å². The summed E-state index contributed by atoms with van der Waals surface area (Å²) in [6, 6.07) is 10.5. The third-order valence-corrected chi connectivity index (χ3v) is 3.92. The molecule has 3 rings (SSSR count). The highest BCUT2D eigenvalue weighted by Gasteiger charge is 2.27. The lowest BCUT2D eigenvalue weighted by Gasteiger charge is -2.24. The molecule has 0 saturated heterocycles. The molecule has 0 aliphatic carbocycles. The fourth-order valence-electron chi connectivity index (χ4n) is 2.54. The molecule has 0 saturated carbocycles. The maximum Gasteiger partial charge on any atom is 0.284 e. The molecule has 1 unspecified atom stereocenters. The Labute approximate surface area is 156 Å². The first-order chi connectivity index (χ1) is 13.2. The highest BCUT2D eigenvalue weighted by molar-refractivity contribution is 5.87. The van der Waals surface area contributed by atoms with Crippen LogP contribution in [0.1, 0.15) is 5.56 Å². The first-order valence-corrected chi connectivity index (χ1v) is 8.17. The molecule has 0 fully saturated rings. The number of hydrogen-bond acceptors (Lipinski definition) is 7. The Hall–Kier alpha value is -3.42. The molecule has 2 aromatic carbocycles. The summed E-state index contributed by atoms with van der Waals surface area (Å²) in [6.45, 7) is 0.109. The van der Waals surface area contributed by atoms with Crippen LogP contribution in [-0.2, 0) is 4.79 Å². The molecule has 1 amide bonds. The van der Waals surface area contributed by atoms with E-state index in [1.54, 1.807) is 24.3 Å². The van der Waals surface area contributed by atoms with E-state index in [-0.39, 0.29) is 6.61 Å². The van der Waals surface area contributed by atoms with Gasteiger partial charge in [-0.15, -0.1) is 0 Å². The van der Waals surface area contributed by atoms with Gasteiger partial charge in [0.1, 0.15) is 12.4 Å². The molecule has 0 radical (unpaired) electrons. The van der Waals surface area contributed by atoms with Crippen molar-refractivity contribution in [3.05, 3.63) is 42.0 Å². The zero-order valence-corrected chi connectivity index (χ0v) is 15.2. The van der Waals surface area contributed by atoms with Gasteiger partial charge in [0.15, 0.2) is 23.0 Å².